The largest absolute Gasteiger partial charge is 0.455 e. The van der Waals surface area contributed by atoms with Crippen molar-refractivity contribution in [1.82, 2.24) is 10.2 Å². The molecule has 3 rings (SSSR count). The van der Waals surface area contributed by atoms with Gasteiger partial charge in [-0.05, 0) is 36.2 Å². The molecule has 0 spiro atoms. The van der Waals surface area contributed by atoms with Gasteiger partial charge in [0.2, 0.25) is 0 Å². The monoisotopic (exact) mass is 471 g/mol. The zero-order valence-electron chi connectivity index (χ0n) is 18.0. The minimum atomic E-state index is -5.73. The van der Waals surface area contributed by atoms with E-state index in [0.29, 0.717) is 19.5 Å². The first-order valence-electron chi connectivity index (χ1n) is 10.5. The van der Waals surface area contributed by atoms with Crippen molar-refractivity contribution < 1.29 is 31.9 Å². The summed E-state index contributed by atoms with van der Waals surface area (Å²) >= 11 is 0. The normalized spacial score (nSPS) is 18.2. The molecule has 1 aliphatic rings. The Morgan fingerprint density at radius 1 is 1.12 bits per heavy atom. The predicted molar refractivity (Wildman–Crippen MR) is 114 cm³/mol. The second kappa shape index (κ2) is 10.0. The van der Waals surface area contributed by atoms with Crippen molar-refractivity contribution in [3.05, 3.63) is 65.7 Å². The molecule has 0 unspecified atom stereocenters. The van der Waals surface area contributed by atoms with Crippen molar-refractivity contribution in [3.63, 3.8) is 0 Å². The van der Waals surface area contributed by atoms with Gasteiger partial charge in [0.15, 0.2) is 0 Å². The molecule has 0 aliphatic carbocycles. The van der Waals surface area contributed by atoms with Crippen LogP contribution in [0.4, 0.5) is 27.6 Å². The highest BCUT2D eigenvalue weighted by Gasteiger charge is 2.57. The summed E-state index contributed by atoms with van der Waals surface area (Å²) in [5, 5.41) is 11.6. The Morgan fingerprint density at radius 2 is 1.76 bits per heavy atom. The topological polar surface area (TPSA) is 55.8 Å². The van der Waals surface area contributed by atoms with Gasteiger partial charge in [0.05, 0.1) is 18.7 Å². The molecule has 0 radical (unpaired) electrons. The molecule has 2 aromatic carbocycles. The van der Waals surface area contributed by atoms with E-state index < -0.39 is 24.6 Å². The lowest BCUT2D eigenvalue weighted by Gasteiger charge is -2.33. The molecule has 2 aromatic rings. The molecule has 1 aliphatic heterocycles. The van der Waals surface area contributed by atoms with E-state index in [1.54, 1.807) is 17.4 Å². The Bertz CT molecular complexity index is 922. The van der Waals surface area contributed by atoms with E-state index in [9.17, 15) is 31.9 Å². The first kappa shape index (κ1) is 24.9. The number of aliphatic hydroxyl groups is 1. The molecule has 33 heavy (non-hydrogen) atoms. The summed E-state index contributed by atoms with van der Waals surface area (Å²) in [4.78, 5) is 16.2. The molecule has 2 atom stereocenters. The number of rotatable bonds is 8. The van der Waals surface area contributed by atoms with Crippen LogP contribution in [0.25, 0.3) is 0 Å². The number of hydrogen-bond acceptors (Lipinski definition) is 4. The van der Waals surface area contributed by atoms with E-state index in [1.165, 1.54) is 12.1 Å². The number of nitrogens with one attached hydrogen (secondary N) is 1. The Kier molecular flexibility index (Phi) is 7.58. The number of carbonyl (C=O) groups excluding carboxylic acids is 1. The van der Waals surface area contributed by atoms with Crippen LogP contribution in [0.1, 0.15) is 28.4 Å². The fourth-order valence-electron chi connectivity index (χ4n) is 3.78. The summed E-state index contributed by atoms with van der Waals surface area (Å²) in [6.07, 6.45) is -5.40. The minimum Gasteiger partial charge on any atom is -0.392 e. The Morgan fingerprint density at radius 3 is 2.30 bits per heavy atom. The lowest BCUT2D eigenvalue weighted by molar-refractivity contribution is -0.278. The number of hydrogen-bond donors (Lipinski definition) is 2. The number of carbonyl (C=O) groups is 1. The number of anilines is 1. The lowest BCUT2D eigenvalue weighted by atomic mass is 10.0. The highest BCUT2D eigenvalue weighted by atomic mass is 19.4. The second-order valence-corrected chi connectivity index (χ2v) is 8.18. The van der Waals surface area contributed by atoms with Gasteiger partial charge in [-0.2, -0.15) is 22.0 Å². The number of likely N-dealkylation sites (tertiary alicyclic amines) is 1. The first-order chi connectivity index (χ1) is 15.5. The molecule has 0 saturated carbocycles. The van der Waals surface area contributed by atoms with Crippen molar-refractivity contribution in [1.29, 1.82) is 0 Å². The summed E-state index contributed by atoms with van der Waals surface area (Å²) in [7, 11) is 1.86. The van der Waals surface area contributed by atoms with E-state index in [-0.39, 0.29) is 17.7 Å². The molecule has 0 aromatic heterocycles. The van der Waals surface area contributed by atoms with E-state index in [4.69, 9.17) is 0 Å². The van der Waals surface area contributed by atoms with Crippen molar-refractivity contribution in [2.24, 2.45) is 0 Å². The maximum atomic E-state index is 13.0. The maximum Gasteiger partial charge on any atom is 0.455 e. The van der Waals surface area contributed by atoms with Crippen molar-refractivity contribution in [3.8, 4) is 0 Å². The molecular formula is C23H26F5N3O2. The lowest BCUT2D eigenvalue weighted by Crippen LogP contribution is -2.46. The molecule has 1 heterocycles. The standard InChI is InChI=1S/C23H26F5N3O2/c1-30(14-20(16-5-3-2-4-6-16)31-12-11-19(32)13-31)18-9-7-17(8-10-18)21(33)29-15-22(24,25)23(26,27)28/h2-10,19-20,32H,11-15H2,1H3,(H,29,33)/t19-,20-/m0/s1. The van der Waals surface area contributed by atoms with Gasteiger partial charge in [-0.15, -0.1) is 0 Å². The SMILES string of the molecule is CN(C[C@@H](c1ccccc1)N1CC[C@H](O)C1)c1ccc(C(=O)NCC(F)(F)C(F)(F)F)cc1. The molecule has 1 saturated heterocycles. The molecule has 2 N–H and O–H groups in total. The van der Waals surface area contributed by atoms with Crippen LogP contribution in [0.3, 0.4) is 0 Å². The second-order valence-electron chi connectivity index (χ2n) is 8.18. The Labute approximate surface area is 188 Å². The Hall–Kier alpha value is -2.72. The quantitative estimate of drug-likeness (QED) is 0.575. The van der Waals surface area contributed by atoms with E-state index >= 15 is 0 Å². The summed E-state index contributed by atoms with van der Waals surface area (Å²) in [6.45, 7) is 0.0861. The average molecular weight is 471 g/mol. The van der Waals surface area contributed by atoms with Gasteiger partial charge in [-0.1, -0.05) is 30.3 Å². The molecule has 180 valence electrons. The number of benzene rings is 2. The minimum absolute atomic E-state index is 0.0147. The van der Waals surface area contributed by atoms with E-state index in [2.05, 4.69) is 4.90 Å². The van der Waals surface area contributed by atoms with Crippen LogP contribution in [-0.2, 0) is 0 Å². The van der Waals surface area contributed by atoms with Gasteiger partial charge in [-0.25, -0.2) is 0 Å². The Balaban J connectivity index is 1.66. The average Bonchev–Trinajstić information content (AvgIpc) is 3.21. The summed E-state index contributed by atoms with van der Waals surface area (Å²) < 4.78 is 62.8. The van der Waals surface area contributed by atoms with Gasteiger partial charge in [0, 0.05) is 37.9 Å². The molecule has 1 fully saturated rings. The molecular weight excluding hydrogens is 445 g/mol. The van der Waals surface area contributed by atoms with Crippen molar-refractivity contribution >= 4 is 11.6 Å². The van der Waals surface area contributed by atoms with Crippen LogP contribution in [0.5, 0.6) is 0 Å². The van der Waals surface area contributed by atoms with Gasteiger partial charge in [0.1, 0.15) is 0 Å². The van der Waals surface area contributed by atoms with Gasteiger partial charge >= 0.3 is 12.1 Å². The van der Waals surface area contributed by atoms with E-state index in [1.807, 2.05) is 42.3 Å². The number of alkyl halides is 5. The van der Waals surface area contributed by atoms with Crippen molar-refractivity contribution in [2.45, 2.75) is 30.7 Å². The maximum absolute atomic E-state index is 13.0. The molecule has 5 nitrogen and oxygen atoms in total. The third-order valence-electron chi connectivity index (χ3n) is 5.72. The first-order valence-corrected chi connectivity index (χ1v) is 10.5. The van der Waals surface area contributed by atoms with Crippen LogP contribution in [0.2, 0.25) is 0 Å². The van der Waals surface area contributed by atoms with Gasteiger partial charge < -0.3 is 15.3 Å². The highest BCUT2D eigenvalue weighted by Crippen LogP contribution is 2.34. The third kappa shape index (κ3) is 6.20. The van der Waals surface area contributed by atoms with Crippen molar-refractivity contribution in [2.75, 3.05) is 38.1 Å². The van der Waals surface area contributed by atoms with Crippen LogP contribution in [0.15, 0.2) is 54.6 Å². The zero-order valence-corrected chi connectivity index (χ0v) is 18.0. The molecule has 0 bridgehead atoms. The zero-order chi connectivity index (χ0) is 24.2. The summed E-state index contributed by atoms with van der Waals surface area (Å²) in [5.41, 5.74) is 1.82. The number of amides is 1. The van der Waals surface area contributed by atoms with Gasteiger partial charge in [0.25, 0.3) is 5.91 Å². The number of likely N-dealkylation sites (N-methyl/N-ethyl adjacent to an activating group) is 1. The fourth-order valence-corrected chi connectivity index (χ4v) is 3.78. The smallest absolute Gasteiger partial charge is 0.392 e. The highest BCUT2D eigenvalue weighted by molar-refractivity contribution is 5.94. The summed E-state index contributed by atoms with van der Waals surface area (Å²) in [6, 6.07) is 15.9. The number of halogens is 5. The van der Waals surface area contributed by atoms with Crippen LogP contribution in [0, 0.1) is 0 Å². The number of aliphatic hydroxyl groups excluding tert-OH is 1. The van der Waals surface area contributed by atoms with Crippen LogP contribution in [-0.4, -0.2) is 67.3 Å². The fraction of sp³-hybridized carbons (Fsp3) is 0.435. The third-order valence-corrected chi connectivity index (χ3v) is 5.72. The van der Waals surface area contributed by atoms with E-state index in [0.717, 1.165) is 17.8 Å². The number of β-amino-alcohol motifs (C(OH)–C–C–N with tert-alkyl or cyclic N) is 1. The molecule has 10 heteroatoms. The molecule has 1 amide bonds. The van der Waals surface area contributed by atoms with Crippen LogP contribution >= 0.6 is 0 Å². The van der Waals surface area contributed by atoms with Crippen LogP contribution < -0.4 is 10.2 Å². The van der Waals surface area contributed by atoms with Gasteiger partial charge in [-0.3, -0.25) is 9.69 Å². The number of nitrogens with zero attached hydrogens (tertiary/aromatic N) is 2. The predicted octanol–water partition coefficient (Wildman–Crippen LogP) is 3.86. The summed E-state index contributed by atoms with van der Waals surface area (Å²) in [5.74, 6) is -6.01.